The van der Waals surface area contributed by atoms with Crippen LogP contribution in [-0.4, -0.2) is 0 Å². The van der Waals surface area contributed by atoms with Gasteiger partial charge in [0.05, 0.1) is 16.3 Å². The van der Waals surface area contributed by atoms with E-state index in [1.54, 1.807) is 6.07 Å². The molecular formula is C18H11ClFN3S. The van der Waals surface area contributed by atoms with E-state index in [9.17, 15) is 14.9 Å². The van der Waals surface area contributed by atoms with Gasteiger partial charge in [-0.1, -0.05) is 42.0 Å². The summed E-state index contributed by atoms with van der Waals surface area (Å²) in [5, 5.41) is 25.6. The van der Waals surface area contributed by atoms with Crippen molar-refractivity contribution in [2.45, 2.75) is 4.90 Å². The van der Waals surface area contributed by atoms with Crippen molar-refractivity contribution >= 4 is 33.9 Å². The SMILES string of the molecule is N#Cc1c(F)c(Cl)c([SH]2C=CC=C2)c(Nc2ccccc2)c1C#N. The predicted molar refractivity (Wildman–Crippen MR) is 96.1 cm³/mol. The van der Waals surface area contributed by atoms with Gasteiger partial charge in [0.15, 0.2) is 5.82 Å². The summed E-state index contributed by atoms with van der Waals surface area (Å²) < 4.78 is 14.5. The Balaban J connectivity index is 2.29. The molecule has 0 bridgehead atoms. The van der Waals surface area contributed by atoms with Crippen molar-refractivity contribution in [1.29, 1.82) is 10.5 Å². The molecule has 0 spiro atoms. The molecule has 0 atom stereocenters. The third-order valence-corrected chi connectivity index (χ3v) is 5.92. The first-order chi connectivity index (χ1) is 11.7. The van der Waals surface area contributed by atoms with Gasteiger partial charge in [0.25, 0.3) is 0 Å². The van der Waals surface area contributed by atoms with Crippen molar-refractivity contribution in [3.63, 3.8) is 0 Å². The molecule has 1 N–H and O–H groups in total. The fourth-order valence-electron chi connectivity index (χ4n) is 2.41. The van der Waals surface area contributed by atoms with Crippen LogP contribution >= 0.6 is 22.5 Å². The average Bonchev–Trinajstić information content (AvgIpc) is 3.13. The van der Waals surface area contributed by atoms with Crippen molar-refractivity contribution in [2.24, 2.45) is 0 Å². The Morgan fingerprint density at radius 1 is 1.00 bits per heavy atom. The Hall–Kier alpha value is -2.73. The number of nitrogens with zero attached hydrogens (tertiary/aromatic N) is 2. The molecule has 0 aromatic heterocycles. The van der Waals surface area contributed by atoms with Gasteiger partial charge in [-0.05, 0) is 22.9 Å². The Bertz CT molecular complexity index is 928. The maximum Gasteiger partial charge on any atom is 0.162 e. The zero-order valence-electron chi connectivity index (χ0n) is 12.3. The number of thiol groups is 1. The van der Waals surface area contributed by atoms with E-state index in [1.165, 1.54) is 0 Å². The fourth-order valence-corrected chi connectivity index (χ4v) is 4.61. The van der Waals surface area contributed by atoms with Gasteiger partial charge in [-0.2, -0.15) is 21.4 Å². The second-order valence-electron chi connectivity index (χ2n) is 4.91. The second kappa shape index (κ2) is 6.80. The van der Waals surface area contributed by atoms with Crippen molar-refractivity contribution in [3.8, 4) is 12.1 Å². The lowest BCUT2D eigenvalue weighted by Crippen LogP contribution is -2.03. The molecule has 3 nitrogen and oxygen atoms in total. The maximum atomic E-state index is 14.5. The first-order valence-corrected chi connectivity index (χ1v) is 8.83. The summed E-state index contributed by atoms with van der Waals surface area (Å²) in [5.41, 5.74) is 0.735. The number of halogens is 2. The van der Waals surface area contributed by atoms with Gasteiger partial charge < -0.3 is 5.32 Å². The average molecular weight is 356 g/mol. The quantitative estimate of drug-likeness (QED) is 0.728. The van der Waals surface area contributed by atoms with Gasteiger partial charge >= 0.3 is 0 Å². The summed E-state index contributed by atoms with van der Waals surface area (Å²) in [7, 11) is -0.990. The van der Waals surface area contributed by atoms with Gasteiger partial charge in [0.1, 0.15) is 17.7 Å². The molecule has 2 aromatic rings. The molecule has 1 aliphatic heterocycles. The number of rotatable bonds is 3. The lowest BCUT2D eigenvalue weighted by atomic mass is 10.1. The molecule has 6 heteroatoms. The van der Waals surface area contributed by atoms with E-state index in [1.807, 2.05) is 59.4 Å². The first kappa shape index (κ1) is 16.1. The fraction of sp³-hybridized carbons (Fsp3) is 0. The second-order valence-corrected chi connectivity index (χ2v) is 7.14. The number of nitrogens with one attached hydrogen (secondary N) is 1. The third-order valence-electron chi connectivity index (χ3n) is 3.49. The molecule has 2 aromatic carbocycles. The Morgan fingerprint density at radius 3 is 2.21 bits per heavy atom. The molecule has 0 saturated carbocycles. The molecule has 1 heterocycles. The maximum absolute atomic E-state index is 14.5. The minimum Gasteiger partial charge on any atom is -0.353 e. The minimum atomic E-state index is -0.990. The molecular weight excluding hydrogens is 345 g/mol. The number of hydrogen-bond acceptors (Lipinski definition) is 3. The van der Waals surface area contributed by atoms with E-state index < -0.39 is 16.7 Å². The van der Waals surface area contributed by atoms with Crippen LogP contribution in [0.2, 0.25) is 5.02 Å². The summed E-state index contributed by atoms with van der Waals surface area (Å²) in [4.78, 5) is 0.508. The monoisotopic (exact) mass is 355 g/mol. The molecule has 3 rings (SSSR count). The summed E-state index contributed by atoms with van der Waals surface area (Å²) in [6.07, 6.45) is 3.72. The summed E-state index contributed by atoms with van der Waals surface area (Å²) in [6.45, 7) is 0. The molecule has 0 radical (unpaired) electrons. The normalized spacial score (nSPS) is 13.6. The van der Waals surface area contributed by atoms with Crippen molar-refractivity contribution < 1.29 is 4.39 Å². The van der Waals surface area contributed by atoms with E-state index in [4.69, 9.17) is 11.6 Å². The van der Waals surface area contributed by atoms with Crippen LogP contribution in [0.1, 0.15) is 11.1 Å². The zero-order chi connectivity index (χ0) is 17.1. The van der Waals surface area contributed by atoms with Gasteiger partial charge in [0, 0.05) is 10.6 Å². The number of benzene rings is 2. The van der Waals surface area contributed by atoms with Crippen LogP contribution in [0.15, 0.2) is 58.2 Å². The van der Waals surface area contributed by atoms with Gasteiger partial charge in [-0.25, -0.2) is 4.39 Å². The van der Waals surface area contributed by atoms with E-state index in [0.29, 0.717) is 10.6 Å². The van der Waals surface area contributed by atoms with Gasteiger partial charge in [0.2, 0.25) is 0 Å². The van der Waals surface area contributed by atoms with Gasteiger partial charge in [-0.3, -0.25) is 0 Å². The molecule has 0 amide bonds. The molecule has 0 aliphatic carbocycles. The van der Waals surface area contributed by atoms with Crippen molar-refractivity contribution in [2.75, 3.05) is 5.32 Å². The van der Waals surface area contributed by atoms with Crippen LogP contribution in [0.5, 0.6) is 0 Å². The van der Waals surface area contributed by atoms with E-state index in [0.717, 1.165) is 5.69 Å². The molecule has 0 fully saturated rings. The molecule has 0 saturated heterocycles. The van der Waals surface area contributed by atoms with Crippen LogP contribution < -0.4 is 5.32 Å². The third kappa shape index (κ3) is 2.76. The summed E-state index contributed by atoms with van der Waals surface area (Å²) in [6, 6.07) is 12.9. The molecule has 24 heavy (non-hydrogen) atoms. The Kier molecular flexibility index (Phi) is 4.57. The zero-order valence-corrected chi connectivity index (χ0v) is 13.9. The van der Waals surface area contributed by atoms with Gasteiger partial charge in [-0.15, -0.1) is 0 Å². The lowest BCUT2D eigenvalue weighted by Gasteiger charge is -2.21. The highest BCUT2D eigenvalue weighted by Crippen LogP contribution is 2.52. The largest absolute Gasteiger partial charge is 0.353 e. The van der Waals surface area contributed by atoms with E-state index in [-0.39, 0.29) is 16.1 Å². The number of allylic oxidation sites excluding steroid dienone is 2. The minimum absolute atomic E-state index is 0.0329. The summed E-state index contributed by atoms with van der Waals surface area (Å²) >= 11 is 6.23. The van der Waals surface area contributed by atoms with Crippen molar-refractivity contribution in [1.82, 2.24) is 0 Å². The highest BCUT2D eigenvalue weighted by molar-refractivity contribution is 8.22. The van der Waals surface area contributed by atoms with Crippen LogP contribution in [0.3, 0.4) is 0 Å². The number of anilines is 2. The number of nitriles is 2. The molecule has 1 aliphatic rings. The topological polar surface area (TPSA) is 59.6 Å². The predicted octanol–water partition coefficient (Wildman–Crippen LogP) is 5.37. The highest BCUT2D eigenvalue weighted by Gasteiger charge is 2.26. The molecule has 118 valence electrons. The standard InChI is InChI=1S/C18H11ClFN3S/c19-15-16(20)13(10-21)14(11-22)17(18(15)24-8-4-5-9-24)23-12-6-2-1-3-7-12/h1-9,23-24H. The lowest BCUT2D eigenvalue weighted by molar-refractivity contribution is 0.620. The van der Waals surface area contributed by atoms with E-state index >= 15 is 0 Å². The first-order valence-electron chi connectivity index (χ1n) is 6.98. The van der Waals surface area contributed by atoms with Crippen LogP contribution in [0.25, 0.3) is 0 Å². The number of hydrogen-bond donors (Lipinski definition) is 2. The van der Waals surface area contributed by atoms with Crippen molar-refractivity contribution in [3.05, 3.63) is 75.3 Å². The molecule has 0 unspecified atom stereocenters. The number of para-hydroxylation sites is 1. The van der Waals surface area contributed by atoms with E-state index in [2.05, 4.69) is 5.32 Å². The smallest absolute Gasteiger partial charge is 0.162 e. The van der Waals surface area contributed by atoms with Crippen LogP contribution in [0, 0.1) is 28.5 Å². The van der Waals surface area contributed by atoms with Crippen LogP contribution in [-0.2, 0) is 0 Å². The van der Waals surface area contributed by atoms with Crippen LogP contribution in [0.4, 0.5) is 15.8 Å². The Labute approximate surface area is 146 Å². The Morgan fingerprint density at radius 2 is 1.62 bits per heavy atom. The summed E-state index contributed by atoms with van der Waals surface area (Å²) in [5.74, 6) is -0.847. The highest BCUT2D eigenvalue weighted by atomic mass is 35.5.